The highest BCUT2D eigenvalue weighted by Gasteiger charge is 2.36. The van der Waals surface area contributed by atoms with Gasteiger partial charge in [-0.2, -0.15) is 14.0 Å². The van der Waals surface area contributed by atoms with E-state index in [4.69, 9.17) is 5.26 Å². The van der Waals surface area contributed by atoms with Gasteiger partial charge in [0.1, 0.15) is 29.0 Å². The Labute approximate surface area is 173 Å². The van der Waals surface area contributed by atoms with Crippen molar-refractivity contribution in [2.45, 2.75) is 45.1 Å². The number of ether oxygens (including phenoxy) is 1. The van der Waals surface area contributed by atoms with Crippen LogP contribution in [0, 0.1) is 34.8 Å². The van der Waals surface area contributed by atoms with Crippen molar-refractivity contribution in [3.8, 4) is 11.8 Å². The van der Waals surface area contributed by atoms with Gasteiger partial charge in [0, 0.05) is 0 Å². The molecule has 0 aromatic heterocycles. The summed E-state index contributed by atoms with van der Waals surface area (Å²) in [5.74, 6) is -1.49. The molecule has 0 saturated heterocycles. The number of nitrogens with zero attached hydrogens (tertiary/aromatic N) is 1. The number of rotatable bonds is 6. The number of allylic oxidation sites excluding steroid dienone is 1. The number of hydrogen-bond donors (Lipinski definition) is 0. The smallest absolute Gasteiger partial charge is 0.426 e. The number of halogens is 4. The molecule has 0 aliphatic heterocycles. The Kier molecular flexibility index (Phi) is 6.81. The average molecular weight is 417 g/mol. The van der Waals surface area contributed by atoms with Crippen LogP contribution in [0.4, 0.5) is 17.6 Å². The van der Waals surface area contributed by atoms with Gasteiger partial charge in [0.05, 0.1) is 5.56 Å². The lowest BCUT2D eigenvalue weighted by atomic mass is 9.80. The van der Waals surface area contributed by atoms with E-state index in [2.05, 4.69) is 17.7 Å². The normalized spacial score (nSPS) is 19.6. The predicted molar refractivity (Wildman–Crippen MR) is 107 cm³/mol. The van der Waals surface area contributed by atoms with Gasteiger partial charge in [-0.25, -0.2) is 8.78 Å². The van der Waals surface area contributed by atoms with E-state index in [1.165, 1.54) is 50.3 Å². The molecule has 0 heterocycles. The molecular weight excluding hydrogens is 394 g/mol. The van der Waals surface area contributed by atoms with Crippen molar-refractivity contribution in [1.29, 1.82) is 5.26 Å². The average Bonchev–Trinajstić information content (AvgIpc) is 2.73. The monoisotopic (exact) mass is 417 g/mol. The minimum atomic E-state index is -3.95. The summed E-state index contributed by atoms with van der Waals surface area (Å²) in [6.45, 7) is 2.22. The van der Waals surface area contributed by atoms with Crippen molar-refractivity contribution in [2.75, 3.05) is 0 Å². The molecule has 1 fully saturated rings. The van der Waals surface area contributed by atoms with E-state index in [0.29, 0.717) is 18.1 Å². The lowest BCUT2D eigenvalue weighted by Crippen LogP contribution is -2.22. The van der Waals surface area contributed by atoms with Crippen molar-refractivity contribution < 1.29 is 22.3 Å². The van der Waals surface area contributed by atoms with Crippen LogP contribution in [0.2, 0.25) is 0 Å². The van der Waals surface area contributed by atoms with Crippen LogP contribution in [0.15, 0.2) is 42.5 Å². The van der Waals surface area contributed by atoms with Crippen LogP contribution in [0.1, 0.15) is 55.7 Å². The molecule has 1 aliphatic carbocycles. The Morgan fingerprint density at radius 2 is 1.67 bits per heavy atom. The molecule has 0 bridgehead atoms. The van der Waals surface area contributed by atoms with Gasteiger partial charge in [-0.15, -0.1) is 0 Å². The second-order valence-electron chi connectivity index (χ2n) is 7.66. The van der Waals surface area contributed by atoms with E-state index in [9.17, 15) is 17.6 Å². The predicted octanol–water partition coefficient (Wildman–Crippen LogP) is 7.19. The summed E-state index contributed by atoms with van der Waals surface area (Å²) in [4.78, 5) is 0. The molecule has 158 valence electrons. The number of benzene rings is 2. The van der Waals surface area contributed by atoms with E-state index in [-0.39, 0.29) is 5.75 Å². The maximum atomic E-state index is 14.3. The highest BCUT2D eigenvalue weighted by molar-refractivity contribution is 5.51. The summed E-state index contributed by atoms with van der Waals surface area (Å²) in [5.41, 5.74) is -1.05. The first-order valence-corrected chi connectivity index (χ1v) is 10.1. The maximum absolute atomic E-state index is 14.3. The fourth-order valence-electron chi connectivity index (χ4n) is 3.74. The molecule has 30 heavy (non-hydrogen) atoms. The van der Waals surface area contributed by atoms with Crippen molar-refractivity contribution in [1.82, 2.24) is 0 Å². The van der Waals surface area contributed by atoms with Crippen LogP contribution in [-0.2, 0) is 6.11 Å². The van der Waals surface area contributed by atoms with E-state index >= 15 is 0 Å². The number of nitriles is 1. The summed E-state index contributed by atoms with van der Waals surface area (Å²) in [6.07, 6.45) is 6.23. The van der Waals surface area contributed by atoms with Crippen LogP contribution in [0.3, 0.4) is 0 Å². The molecule has 0 amide bonds. The summed E-state index contributed by atoms with van der Waals surface area (Å²) < 4.78 is 60.7. The third-order valence-electron chi connectivity index (χ3n) is 5.65. The SMILES string of the molecule is CCC1CCC(/C=C/c2ccc(OC(F)(F)c3cc(F)c(C#N)c(F)c3)cc2)CC1. The maximum Gasteiger partial charge on any atom is 0.426 e. The van der Waals surface area contributed by atoms with Gasteiger partial charge in [0.2, 0.25) is 0 Å². The Hall–Kier alpha value is -2.81. The third-order valence-corrected chi connectivity index (χ3v) is 5.65. The van der Waals surface area contributed by atoms with Gasteiger partial charge in [-0.1, -0.05) is 37.6 Å². The molecule has 0 N–H and O–H groups in total. The third kappa shape index (κ3) is 5.21. The summed E-state index contributed by atoms with van der Waals surface area (Å²) >= 11 is 0. The van der Waals surface area contributed by atoms with E-state index in [0.717, 1.165) is 11.5 Å². The fourth-order valence-corrected chi connectivity index (χ4v) is 3.74. The van der Waals surface area contributed by atoms with Crippen molar-refractivity contribution >= 4 is 6.08 Å². The Balaban J connectivity index is 1.65. The molecule has 0 spiro atoms. The highest BCUT2D eigenvalue weighted by atomic mass is 19.3. The van der Waals surface area contributed by atoms with Gasteiger partial charge < -0.3 is 4.74 Å². The Bertz CT molecular complexity index is 916. The summed E-state index contributed by atoms with van der Waals surface area (Å²) in [5, 5.41) is 8.65. The van der Waals surface area contributed by atoms with Gasteiger partial charge in [-0.05, 0) is 67.3 Å². The van der Waals surface area contributed by atoms with Crippen LogP contribution in [0.25, 0.3) is 6.08 Å². The first kappa shape index (κ1) is 21.9. The molecule has 1 aliphatic rings. The van der Waals surface area contributed by atoms with Crippen LogP contribution in [-0.4, -0.2) is 0 Å². The lowest BCUT2D eigenvalue weighted by molar-refractivity contribution is -0.185. The zero-order valence-corrected chi connectivity index (χ0v) is 16.7. The standard InChI is InChI=1S/C24H23F4NO/c1-2-16-3-5-17(6-4-16)7-8-18-9-11-20(12-10-18)30-24(27,28)19-13-22(25)21(15-29)23(26)14-19/h7-14,16-17H,2-6H2,1H3/b8-7+. The fraction of sp³-hybridized carbons (Fsp3) is 0.375. The zero-order chi connectivity index (χ0) is 21.7. The molecule has 2 aromatic rings. The molecular formula is C24H23F4NO. The second kappa shape index (κ2) is 9.34. The van der Waals surface area contributed by atoms with Crippen LogP contribution >= 0.6 is 0 Å². The Morgan fingerprint density at radius 1 is 1.07 bits per heavy atom. The van der Waals surface area contributed by atoms with Crippen LogP contribution in [0.5, 0.6) is 5.75 Å². The van der Waals surface area contributed by atoms with Gasteiger partial charge in [0.25, 0.3) is 0 Å². The molecule has 2 aromatic carbocycles. The molecule has 0 atom stereocenters. The van der Waals surface area contributed by atoms with Gasteiger partial charge >= 0.3 is 6.11 Å². The van der Waals surface area contributed by atoms with Gasteiger partial charge in [-0.3, -0.25) is 0 Å². The second-order valence-corrected chi connectivity index (χ2v) is 7.66. The summed E-state index contributed by atoms with van der Waals surface area (Å²) in [6, 6.07) is 8.19. The Morgan fingerprint density at radius 3 is 2.20 bits per heavy atom. The molecule has 1 saturated carbocycles. The molecule has 6 heteroatoms. The number of hydrogen-bond acceptors (Lipinski definition) is 2. The van der Waals surface area contributed by atoms with E-state index in [1.807, 2.05) is 6.08 Å². The van der Waals surface area contributed by atoms with Crippen molar-refractivity contribution in [2.24, 2.45) is 11.8 Å². The minimum absolute atomic E-state index is 0.134. The molecule has 0 radical (unpaired) electrons. The molecule has 3 rings (SSSR count). The largest absolute Gasteiger partial charge is 0.429 e. The topological polar surface area (TPSA) is 33.0 Å². The van der Waals surface area contributed by atoms with E-state index in [1.54, 1.807) is 12.1 Å². The summed E-state index contributed by atoms with van der Waals surface area (Å²) in [7, 11) is 0. The molecule has 0 unspecified atom stereocenters. The first-order valence-electron chi connectivity index (χ1n) is 10.1. The highest BCUT2D eigenvalue weighted by Crippen LogP contribution is 2.34. The van der Waals surface area contributed by atoms with Crippen molar-refractivity contribution in [3.05, 3.63) is 70.8 Å². The van der Waals surface area contributed by atoms with Crippen LogP contribution < -0.4 is 4.74 Å². The first-order chi connectivity index (χ1) is 14.3. The van der Waals surface area contributed by atoms with Crippen molar-refractivity contribution in [3.63, 3.8) is 0 Å². The minimum Gasteiger partial charge on any atom is -0.429 e. The van der Waals surface area contributed by atoms with E-state index < -0.39 is 28.9 Å². The quantitative estimate of drug-likeness (QED) is 0.466. The van der Waals surface area contributed by atoms with Gasteiger partial charge in [0.15, 0.2) is 0 Å². The number of alkyl halides is 2. The lowest BCUT2D eigenvalue weighted by Gasteiger charge is -2.25. The molecule has 2 nitrogen and oxygen atoms in total. The zero-order valence-electron chi connectivity index (χ0n) is 16.7.